The average molecular weight is 528 g/mol. The van der Waals surface area contributed by atoms with Gasteiger partial charge in [0.15, 0.2) is 12.4 Å². The fraction of sp³-hybridized carbons (Fsp3) is 0.545. The number of hydrogen-bond acceptors (Lipinski definition) is 3. The van der Waals surface area contributed by atoms with Crippen LogP contribution in [-0.4, -0.2) is 29.8 Å². The lowest BCUT2D eigenvalue weighted by molar-refractivity contribution is -0.615. The van der Waals surface area contributed by atoms with E-state index >= 15 is 0 Å². The molecule has 0 amide bonds. The molecule has 0 aliphatic heterocycles. The first-order chi connectivity index (χ1) is 11.3. The second kappa shape index (κ2) is 6.88. The van der Waals surface area contributed by atoms with Crippen molar-refractivity contribution in [2.45, 2.75) is 35.2 Å². The van der Waals surface area contributed by atoms with Gasteiger partial charge in [-0.1, -0.05) is 0 Å². The molecule has 1 rings (SSSR count). The van der Waals surface area contributed by atoms with Crippen molar-refractivity contribution < 1.29 is 53.0 Å². The van der Waals surface area contributed by atoms with Gasteiger partial charge in [-0.2, -0.15) is 35.1 Å². The van der Waals surface area contributed by atoms with Gasteiger partial charge in [0.25, 0.3) is 0 Å². The van der Waals surface area contributed by atoms with E-state index in [9.17, 15) is 43.5 Å². The van der Waals surface area contributed by atoms with Crippen molar-refractivity contribution in [1.82, 2.24) is 0 Å². The molecule has 0 N–H and O–H groups in total. The van der Waals surface area contributed by atoms with Crippen LogP contribution in [0, 0.1) is 13.8 Å². The van der Waals surface area contributed by atoms with Gasteiger partial charge in [0, 0.05) is 33.7 Å². The van der Waals surface area contributed by atoms with E-state index in [0.29, 0.717) is 11.1 Å². The molecule has 0 bridgehead atoms. The second-order valence-electron chi connectivity index (χ2n) is 4.98. The Hall–Kier alpha value is -0.970. The fourth-order valence-electron chi connectivity index (χ4n) is 1.54. The van der Waals surface area contributed by atoms with E-state index in [4.69, 9.17) is 0 Å². The monoisotopic (exact) mass is 528 g/mol. The summed E-state index contributed by atoms with van der Waals surface area (Å²) in [6.07, 6.45) is -10.9. The molecule has 26 heavy (non-hydrogen) atoms. The zero-order valence-corrected chi connectivity index (χ0v) is 15.6. The van der Waals surface area contributed by atoms with E-state index < -0.39 is 31.4 Å². The summed E-state index contributed by atoms with van der Waals surface area (Å²) >= 11 is -0.329. The molecule has 0 atom stereocenters. The van der Waals surface area contributed by atoms with Gasteiger partial charge in [-0.05, 0) is 19.9 Å². The number of aromatic nitrogens is 1. The average Bonchev–Trinajstić information content (AvgIpc) is 2.33. The molecular formula is C11H9F8IN2O3S. The lowest BCUT2D eigenvalue weighted by Crippen LogP contribution is -2.55. The lowest BCUT2D eigenvalue weighted by atomic mass is 10.2. The molecular weight excluding hydrogens is 519 g/mol. The smallest absolute Gasteiger partial charge is 0.317 e. The molecule has 0 unspecified atom stereocenters. The summed E-state index contributed by atoms with van der Waals surface area (Å²) < 4.78 is 125. The first-order valence-corrected chi connectivity index (χ1v) is 8.72. The Bertz CT molecular complexity index is 762. The van der Waals surface area contributed by atoms with Crippen LogP contribution in [0.4, 0.5) is 35.1 Å². The predicted octanol–water partition coefficient (Wildman–Crippen LogP) is 3.88. The minimum atomic E-state index is -6.52. The normalized spacial score (nSPS) is 14.4. The molecule has 15 heteroatoms. The number of hydrogen-bond donors (Lipinski definition) is 0. The molecule has 1 heterocycles. The summed E-state index contributed by atoms with van der Waals surface area (Å²) in [4.78, 5) is 2.39. The Morgan fingerprint density at radius 3 is 1.77 bits per heavy atom. The van der Waals surface area contributed by atoms with Crippen LogP contribution in [0.5, 0.6) is 0 Å². The molecule has 0 aromatic carbocycles. The van der Waals surface area contributed by atoms with Gasteiger partial charge in [-0.3, -0.25) is 0 Å². The van der Waals surface area contributed by atoms with E-state index in [1.165, 1.54) is 19.9 Å². The summed E-state index contributed by atoms with van der Waals surface area (Å²) in [5.74, 6) is 0. The third kappa shape index (κ3) is 4.65. The number of rotatable bonds is 7. The van der Waals surface area contributed by atoms with Gasteiger partial charge in [0.1, 0.15) is 0 Å². The summed E-state index contributed by atoms with van der Waals surface area (Å²) in [6.45, 7) is 2.79. The van der Waals surface area contributed by atoms with Crippen LogP contribution in [0.1, 0.15) is 11.1 Å². The number of ether oxygens (including phenoxy) is 1. The largest absolute Gasteiger partial charge is 0.438 e. The number of nitrogens with zero attached hydrogens (tertiary/aromatic N) is 2. The molecule has 1 aromatic rings. The molecule has 150 valence electrons. The molecule has 0 aliphatic carbocycles. The number of halogens is 9. The number of sulfonamides is 1. The van der Waals surface area contributed by atoms with Gasteiger partial charge in [0.05, 0.1) is 0 Å². The highest BCUT2D eigenvalue weighted by atomic mass is 127. The third-order valence-corrected chi connectivity index (χ3v) is 4.50. The van der Waals surface area contributed by atoms with Crippen LogP contribution in [0.15, 0.2) is 18.5 Å². The van der Waals surface area contributed by atoms with Crippen molar-refractivity contribution in [3.63, 3.8) is 0 Å². The number of alkyl halides is 9. The van der Waals surface area contributed by atoms with E-state index in [0.717, 1.165) is 12.4 Å². The minimum absolute atomic E-state index is 0.231. The maximum absolute atomic E-state index is 13.6. The Balaban J connectivity index is 3.24. The fourth-order valence-corrected chi connectivity index (χ4v) is 2.44. The van der Waals surface area contributed by atoms with Crippen molar-refractivity contribution in [1.29, 1.82) is 0 Å². The third-order valence-electron chi connectivity index (χ3n) is 2.58. The highest BCUT2D eigenvalue weighted by Gasteiger charge is 2.72. The molecule has 0 fully saturated rings. The molecule has 0 saturated carbocycles. The Labute approximate surface area is 155 Å². The predicted molar refractivity (Wildman–Crippen MR) is 78.7 cm³/mol. The molecule has 0 aliphatic rings. The maximum Gasteiger partial charge on any atom is 0.438 e. The number of aryl methyl sites for hydroxylation is 2. The summed E-state index contributed by atoms with van der Waals surface area (Å²) in [5.41, 5.74) is 0.595. The SMILES string of the molecule is Cc1cc(C)c[n+]([N-]S(=O)(=O)C(F)(F)C(F)(F)OC(F)(F)C(F)(F)I)c1. The molecule has 0 saturated heterocycles. The quantitative estimate of drug-likeness (QED) is 0.234. The summed E-state index contributed by atoms with van der Waals surface area (Å²) in [6, 6.07) is 1.46. The lowest BCUT2D eigenvalue weighted by Gasteiger charge is -2.32. The van der Waals surface area contributed by atoms with Crippen LogP contribution in [0.25, 0.3) is 4.83 Å². The van der Waals surface area contributed by atoms with E-state index in [1.54, 1.807) is 0 Å². The zero-order valence-electron chi connectivity index (χ0n) is 12.7. The van der Waals surface area contributed by atoms with Gasteiger partial charge in [-0.25, -0.2) is 17.8 Å². The van der Waals surface area contributed by atoms with Crippen molar-refractivity contribution in [2.75, 3.05) is 0 Å². The number of pyridine rings is 1. The maximum atomic E-state index is 13.6. The topological polar surface area (TPSA) is 61.3 Å². The van der Waals surface area contributed by atoms with Crippen molar-refractivity contribution >= 4 is 32.6 Å². The summed E-state index contributed by atoms with van der Waals surface area (Å²) in [5, 5.41) is -6.38. The van der Waals surface area contributed by atoms with E-state index in [-0.39, 0.29) is 27.3 Å². The van der Waals surface area contributed by atoms with E-state index in [2.05, 4.69) is 9.57 Å². The molecule has 5 nitrogen and oxygen atoms in total. The Morgan fingerprint density at radius 1 is 0.962 bits per heavy atom. The van der Waals surface area contributed by atoms with Gasteiger partial charge in [-0.15, -0.1) is 0 Å². The highest BCUT2D eigenvalue weighted by molar-refractivity contribution is 14.1. The van der Waals surface area contributed by atoms with Gasteiger partial charge >= 0.3 is 21.4 Å². The minimum Gasteiger partial charge on any atom is -0.317 e. The van der Waals surface area contributed by atoms with Crippen molar-refractivity contribution in [3.05, 3.63) is 34.4 Å². The summed E-state index contributed by atoms with van der Waals surface area (Å²) in [7, 11) is -6.52. The second-order valence-corrected chi connectivity index (χ2v) is 7.96. The Kier molecular flexibility index (Phi) is 6.11. The zero-order chi connectivity index (χ0) is 20.8. The van der Waals surface area contributed by atoms with Crippen LogP contribution in [-0.2, 0) is 14.8 Å². The first-order valence-electron chi connectivity index (χ1n) is 6.20. The van der Waals surface area contributed by atoms with Crippen molar-refractivity contribution in [3.8, 4) is 0 Å². The molecule has 1 aromatic heterocycles. The molecule has 0 spiro atoms. The van der Waals surface area contributed by atoms with E-state index in [1.807, 2.05) is 0 Å². The Morgan fingerprint density at radius 2 is 1.38 bits per heavy atom. The van der Waals surface area contributed by atoms with Crippen LogP contribution in [0.2, 0.25) is 0 Å². The van der Waals surface area contributed by atoms with Crippen molar-refractivity contribution in [2.24, 2.45) is 0 Å². The first kappa shape index (κ1) is 23.1. The van der Waals surface area contributed by atoms with Crippen LogP contribution < -0.4 is 4.68 Å². The molecule has 0 radical (unpaired) electrons. The highest BCUT2D eigenvalue weighted by Crippen LogP contribution is 2.49. The van der Waals surface area contributed by atoms with Gasteiger partial charge < -0.3 is 4.83 Å². The van der Waals surface area contributed by atoms with Crippen LogP contribution >= 0.6 is 22.6 Å². The van der Waals surface area contributed by atoms with Crippen LogP contribution in [0.3, 0.4) is 0 Å². The van der Waals surface area contributed by atoms with Gasteiger partial charge in [0.2, 0.25) is 10.0 Å². The standard InChI is InChI=1S/C11H9F8IN2O3S/c1-6-3-7(2)5-22(4-6)21-26(23,24)11(18,19)10(16,17)25-9(14,15)8(12,13)20/h3-5H,1-2H3.